The van der Waals surface area contributed by atoms with E-state index in [1.807, 2.05) is 29.5 Å². The number of hydrogen-bond donors (Lipinski definition) is 1. The third-order valence-corrected chi connectivity index (χ3v) is 11.3. The molecule has 3 heteroatoms. The molecule has 2 heterocycles. The number of benzene rings is 7. The first-order valence-electron chi connectivity index (χ1n) is 18.7. The lowest BCUT2D eigenvalue weighted by atomic mass is 9.88. The van der Waals surface area contributed by atoms with Crippen molar-refractivity contribution < 1.29 is 8.68 Å². The van der Waals surface area contributed by atoms with Gasteiger partial charge in [-0.25, -0.2) is 4.98 Å². The summed E-state index contributed by atoms with van der Waals surface area (Å²) >= 11 is 1.83. The molecule has 0 atom stereocenters. The summed E-state index contributed by atoms with van der Waals surface area (Å²) in [6, 6.07) is 45.2. The van der Waals surface area contributed by atoms with Crippen LogP contribution >= 0.6 is 11.3 Å². The summed E-state index contributed by atoms with van der Waals surface area (Å²) in [5.41, 5.74) is 10.2. The van der Waals surface area contributed by atoms with Crippen LogP contribution in [0.2, 0.25) is 0 Å². The topological polar surface area (TPSA) is 19.7 Å². The zero-order valence-corrected chi connectivity index (χ0v) is 29.0. The highest BCUT2D eigenvalue weighted by Gasteiger charge is 2.30. The van der Waals surface area contributed by atoms with Crippen molar-refractivity contribution in [2.75, 3.05) is 0 Å². The van der Waals surface area contributed by atoms with Crippen LogP contribution in [0.15, 0.2) is 127 Å². The molecule has 0 fully saturated rings. The maximum atomic E-state index is 7.92. The van der Waals surface area contributed by atoms with Crippen LogP contribution in [0.5, 0.6) is 0 Å². The molecule has 0 aliphatic carbocycles. The Morgan fingerprint density at radius 3 is 2.10 bits per heavy atom. The smallest absolute Gasteiger partial charge is 0.236 e. The van der Waals surface area contributed by atoms with Gasteiger partial charge in [-0.3, -0.25) is 0 Å². The lowest BCUT2D eigenvalue weighted by Gasteiger charge is -2.20. The fourth-order valence-electron chi connectivity index (χ4n) is 7.66. The van der Waals surface area contributed by atoms with Crippen molar-refractivity contribution in [1.29, 1.82) is 0 Å². The molecule has 0 saturated carbocycles. The maximum absolute atomic E-state index is 7.92. The number of fused-ring (bicyclic) bond motifs is 7. The third-order valence-electron chi connectivity index (χ3n) is 10.1. The molecule has 0 aliphatic heterocycles. The minimum absolute atomic E-state index is 0.295. The Kier molecular flexibility index (Phi) is 6.22. The maximum Gasteiger partial charge on any atom is 0.294 e. The van der Waals surface area contributed by atoms with Crippen LogP contribution in [-0.4, -0.2) is 4.98 Å². The van der Waals surface area contributed by atoms with Gasteiger partial charge in [0.1, 0.15) is 5.69 Å². The molecule has 0 spiro atoms. The highest BCUT2D eigenvalue weighted by Crippen LogP contribution is 2.43. The Balaban J connectivity index is 1.31. The molecule has 9 rings (SSSR count). The van der Waals surface area contributed by atoms with Gasteiger partial charge in [-0.15, -0.1) is 11.3 Å². The number of para-hydroxylation sites is 2. The average Bonchev–Trinajstić information content (AvgIpc) is 3.71. The summed E-state index contributed by atoms with van der Waals surface area (Å²) in [6.45, 7) is 7.08. The second kappa shape index (κ2) is 11.4. The Morgan fingerprint density at radius 1 is 0.612 bits per heavy atom. The fraction of sp³-hybridized carbons (Fsp3) is 0.152. The normalized spacial score (nSPS) is 13.3. The molecule has 0 unspecified atom stereocenters. The van der Waals surface area contributed by atoms with Crippen LogP contribution in [0.25, 0.3) is 81.0 Å². The van der Waals surface area contributed by atoms with Gasteiger partial charge in [-0.1, -0.05) is 118 Å². The van der Waals surface area contributed by atoms with Gasteiger partial charge in [0.15, 0.2) is 11.0 Å². The molecule has 0 amide bonds. The van der Waals surface area contributed by atoms with Crippen molar-refractivity contribution >= 4 is 64.1 Å². The van der Waals surface area contributed by atoms with Crippen LogP contribution in [0.4, 0.5) is 0 Å². The summed E-state index contributed by atoms with van der Waals surface area (Å²) in [4.78, 5) is 3.89. The molecule has 0 saturated heterocycles. The van der Waals surface area contributed by atoms with Crippen LogP contribution in [-0.2, 0) is 0 Å². The van der Waals surface area contributed by atoms with Gasteiger partial charge in [0.25, 0.3) is 5.82 Å². The van der Waals surface area contributed by atoms with Gasteiger partial charge in [0, 0.05) is 30.7 Å². The number of nitrogens with zero attached hydrogens (tertiary/aromatic N) is 1. The highest BCUT2D eigenvalue weighted by atomic mass is 32.1. The number of hydrogen-bond acceptors (Lipinski definition) is 1. The first kappa shape index (κ1) is 26.7. The molecule has 9 aromatic rings. The van der Waals surface area contributed by atoms with E-state index < -0.39 is 6.85 Å². The molecule has 0 bridgehead atoms. The molecule has 0 aliphatic rings. The minimum atomic E-state index is -2.13. The fourth-order valence-corrected chi connectivity index (χ4v) is 8.90. The molecular weight excluding hydrogens is 613 g/mol. The molecule has 2 nitrogen and oxygen atoms in total. The summed E-state index contributed by atoms with van der Waals surface area (Å²) in [5, 5.41) is 6.76. The number of imidazole rings is 1. The molecule has 49 heavy (non-hydrogen) atoms. The van der Waals surface area contributed by atoms with Gasteiger partial charge in [0.2, 0.25) is 0 Å². The highest BCUT2D eigenvalue weighted by molar-refractivity contribution is 7.26. The second-order valence-electron chi connectivity index (χ2n) is 13.9. The number of aromatic nitrogens is 2. The zero-order valence-electron chi connectivity index (χ0n) is 31.1. The first-order valence-corrected chi connectivity index (χ1v) is 18.0. The van der Waals surface area contributed by atoms with E-state index in [0.29, 0.717) is 17.4 Å². The number of aryl methyl sites for hydroxylation is 1. The van der Waals surface area contributed by atoms with Crippen molar-refractivity contribution in [3.63, 3.8) is 0 Å². The van der Waals surface area contributed by atoms with E-state index in [1.54, 1.807) is 6.07 Å². The quantitative estimate of drug-likeness (QED) is 0.141. The van der Waals surface area contributed by atoms with Gasteiger partial charge >= 0.3 is 0 Å². The van der Waals surface area contributed by atoms with E-state index in [1.165, 1.54) is 53.7 Å². The van der Waals surface area contributed by atoms with Crippen molar-refractivity contribution in [3.8, 4) is 28.2 Å². The third kappa shape index (κ3) is 4.79. The van der Waals surface area contributed by atoms with Crippen molar-refractivity contribution in [2.24, 2.45) is 0 Å². The van der Waals surface area contributed by atoms with Crippen LogP contribution in [0.3, 0.4) is 0 Å². The van der Waals surface area contributed by atoms with Gasteiger partial charge in [0.05, 0.1) is 10.3 Å². The van der Waals surface area contributed by atoms with Crippen LogP contribution < -0.4 is 4.57 Å². The molecule has 2 aromatic heterocycles. The summed E-state index contributed by atoms with van der Waals surface area (Å²) in [5.74, 6) is 1.66. The molecule has 7 aromatic carbocycles. The van der Waals surface area contributed by atoms with E-state index in [0.717, 1.165) is 38.4 Å². The lowest BCUT2D eigenvalue weighted by molar-refractivity contribution is -0.556. The average molecular weight is 655 g/mol. The summed E-state index contributed by atoms with van der Waals surface area (Å²) in [6.07, 6.45) is 0. The molecule has 0 radical (unpaired) electrons. The van der Waals surface area contributed by atoms with Crippen molar-refractivity contribution in [3.05, 3.63) is 144 Å². The Hall–Kier alpha value is -5.25. The zero-order chi connectivity index (χ0) is 35.9. The van der Waals surface area contributed by atoms with Crippen molar-refractivity contribution in [2.45, 2.75) is 46.4 Å². The van der Waals surface area contributed by atoms with Crippen molar-refractivity contribution in [1.82, 2.24) is 4.98 Å². The van der Waals surface area contributed by atoms with Gasteiger partial charge in [-0.2, -0.15) is 4.57 Å². The predicted molar refractivity (Wildman–Crippen MR) is 212 cm³/mol. The summed E-state index contributed by atoms with van der Waals surface area (Å²) in [7, 11) is 0. The van der Waals surface area contributed by atoms with Gasteiger partial charge in [-0.05, 0) is 93.8 Å². The van der Waals surface area contributed by atoms with Crippen LogP contribution in [0.1, 0.15) is 60.3 Å². The number of H-pyrrole nitrogens is 1. The predicted octanol–water partition coefficient (Wildman–Crippen LogP) is 13.0. The van der Waals surface area contributed by atoms with Crippen LogP contribution in [0, 0.1) is 6.85 Å². The monoisotopic (exact) mass is 654 g/mol. The largest absolute Gasteiger partial charge is 0.294 e. The number of rotatable bonds is 5. The first-order chi connectivity index (χ1) is 25.1. The molecular formula is C46H39N2S+. The van der Waals surface area contributed by atoms with E-state index in [9.17, 15) is 0 Å². The van der Waals surface area contributed by atoms with Gasteiger partial charge < -0.3 is 0 Å². The Labute approximate surface area is 295 Å². The lowest BCUT2D eigenvalue weighted by Crippen LogP contribution is -2.35. The molecule has 1 N–H and O–H groups in total. The Morgan fingerprint density at radius 2 is 1.35 bits per heavy atom. The second-order valence-corrected chi connectivity index (χ2v) is 14.9. The Bertz CT molecular complexity index is 2810. The molecule has 238 valence electrons. The SMILES string of the molecule is [2H]C([2H])([2H])c1ccc2c(ccc3cc4c(cc32)sc2c(-c3[nH]c5ccccc5[n+]3-c3c(C(C)C)cc(-c5ccccc5)cc3C(C)C)cccc24)c1. The number of nitrogens with one attached hydrogen (secondary N) is 1. The number of aromatic amines is 1. The van der Waals surface area contributed by atoms with E-state index in [4.69, 9.17) is 4.11 Å². The standard InChI is InChI=1S/C46H38N2S/c1-27(2)37-24-33(30-12-7-6-8-13-30)25-38(28(3)4)44(37)48-42-17-10-9-16-41(42)47-46(48)36-15-11-14-35-40-23-32-20-19-31-22-29(5)18-21-34(31)39(32)26-43(40)49-45(35)36/h6-28H,1-5H3/p+1/i5D3. The summed E-state index contributed by atoms with van der Waals surface area (Å²) < 4.78 is 28.7. The van der Waals surface area contributed by atoms with E-state index in [2.05, 4.69) is 140 Å². The number of thiophene rings is 1. The van der Waals surface area contributed by atoms with E-state index in [-0.39, 0.29) is 0 Å². The minimum Gasteiger partial charge on any atom is -0.236 e. The van der Waals surface area contributed by atoms with E-state index >= 15 is 0 Å².